The lowest BCUT2D eigenvalue weighted by molar-refractivity contribution is -0.133. The molecule has 2 aliphatic heterocycles. The quantitative estimate of drug-likeness (QED) is 0.679. The van der Waals surface area contributed by atoms with Crippen molar-refractivity contribution < 1.29 is 22.4 Å². The number of thioether (sulfide) groups is 1. The van der Waals surface area contributed by atoms with E-state index in [0.717, 1.165) is 25.7 Å². The fraction of sp³-hybridized carbons (Fsp3) is 0.400. The fourth-order valence-corrected chi connectivity index (χ4v) is 5.61. The SMILES string of the molecule is O=C1Nc2cc(S(=O)(=O)NCc3ccco3)ccc2S[C@@H]1C(=O)N1CCCCCC1. The molecule has 8 nitrogen and oxygen atoms in total. The van der Waals surface area contributed by atoms with Crippen LogP contribution in [0.1, 0.15) is 31.4 Å². The lowest BCUT2D eigenvalue weighted by Gasteiger charge is -2.28. The van der Waals surface area contributed by atoms with Crippen molar-refractivity contribution in [2.24, 2.45) is 0 Å². The smallest absolute Gasteiger partial charge is 0.247 e. The van der Waals surface area contributed by atoms with Crippen molar-refractivity contribution in [3.8, 4) is 0 Å². The maximum Gasteiger partial charge on any atom is 0.247 e. The summed E-state index contributed by atoms with van der Waals surface area (Å²) in [4.78, 5) is 28.0. The van der Waals surface area contributed by atoms with Gasteiger partial charge in [-0.05, 0) is 43.2 Å². The van der Waals surface area contributed by atoms with Gasteiger partial charge in [-0.15, -0.1) is 11.8 Å². The highest BCUT2D eigenvalue weighted by molar-refractivity contribution is 8.01. The second-order valence-electron chi connectivity index (χ2n) is 7.29. The number of carbonyl (C=O) groups excluding carboxylic acids is 2. The largest absolute Gasteiger partial charge is 0.468 e. The van der Waals surface area contributed by atoms with Crippen LogP contribution in [0.4, 0.5) is 5.69 Å². The Labute approximate surface area is 179 Å². The van der Waals surface area contributed by atoms with Gasteiger partial charge in [0.1, 0.15) is 5.76 Å². The van der Waals surface area contributed by atoms with Crippen molar-refractivity contribution in [3.63, 3.8) is 0 Å². The summed E-state index contributed by atoms with van der Waals surface area (Å²) in [6.45, 7) is 1.38. The van der Waals surface area contributed by atoms with E-state index in [0.29, 0.717) is 29.4 Å². The van der Waals surface area contributed by atoms with Gasteiger partial charge in [0.25, 0.3) is 0 Å². The first-order valence-corrected chi connectivity index (χ1v) is 12.2. The third-order valence-electron chi connectivity index (χ3n) is 5.16. The van der Waals surface area contributed by atoms with E-state index in [1.54, 1.807) is 23.1 Å². The zero-order valence-electron chi connectivity index (χ0n) is 16.3. The summed E-state index contributed by atoms with van der Waals surface area (Å²) in [5.74, 6) is -0.100. The summed E-state index contributed by atoms with van der Waals surface area (Å²) in [5, 5.41) is 1.86. The maximum atomic E-state index is 12.9. The summed E-state index contributed by atoms with van der Waals surface area (Å²) in [7, 11) is -3.78. The van der Waals surface area contributed by atoms with Gasteiger partial charge < -0.3 is 14.6 Å². The van der Waals surface area contributed by atoms with E-state index < -0.39 is 21.2 Å². The summed E-state index contributed by atoms with van der Waals surface area (Å²) in [6, 6.07) is 7.87. The Morgan fingerprint density at radius 1 is 1.20 bits per heavy atom. The number of benzene rings is 1. The molecule has 10 heteroatoms. The van der Waals surface area contributed by atoms with Gasteiger partial charge in [-0.1, -0.05) is 12.8 Å². The lowest BCUT2D eigenvalue weighted by atomic mass is 10.2. The van der Waals surface area contributed by atoms with E-state index in [-0.39, 0.29) is 17.3 Å². The Morgan fingerprint density at radius 2 is 1.97 bits per heavy atom. The highest BCUT2D eigenvalue weighted by atomic mass is 32.2. The number of amides is 2. The van der Waals surface area contributed by atoms with Crippen LogP contribution in [-0.2, 0) is 26.2 Å². The number of carbonyl (C=O) groups is 2. The topological polar surface area (TPSA) is 109 Å². The third-order valence-corrected chi connectivity index (χ3v) is 7.82. The predicted octanol–water partition coefficient (Wildman–Crippen LogP) is 2.57. The average molecular weight is 450 g/mol. The molecule has 1 fully saturated rings. The van der Waals surface area contributed by atoms with Crippen LogP contribution in [0.2, 0.25) is 0 Å². The average Bonchev–Trinajstić information content (AvgIpc) is 3.11. The van der Waals surface area contributed by atoms with E-state index in [2.05, 4.69) is 10.0 Å². The number of rotatable bonds is 5. The first-order chi connectivity index (χ1) is 14.4. The van der Waals surface area contributed by atoms with Crippen molar-refractivity contribution in [1.29, 1.82) is 0 Å². The van der Waals surface area contributed by atoms with Gasteiger partial charge in [-0.2, -0.15) is 0 Å². The Morgan fingerprint density at radius 3 is 2.67 bits per heavy atom. The number of sulfonamides is 1. The maximum absolute atomic E-state index is 12.9. The van der Waals surface area contributed by atoms with Crippen LogP contribution in [0.3, 0.4) is 0 Å². The van der Waals surface area contributed by atoms with E-state index in [4.69, 9.17) is 4.42 Å². The van der Waals surface area contributed by atoms with Gasteiger partial charge in [-0.3, -0.25) is 9.59 Å². The van der Waals surface area contributed by atoms with Crippen LogP contribution >= 0.6 is 11.8 Å². The molecule has 2 N–H and O–H groups in total. The minimum Gasteiger partial charge on any atom is -0.468 e. The molecule has 0 radical (unpaired) electrons. The Hall–Kier alpha value is -2.30. The number of fused-ring (bicyclic) bond motifs is 1. The summed E-state index contributed by atoms with van der Waals surface area (Å²) >= 11 is 1.17. The van der Waals surface area contributed by atoms with Gasteiger partial charge in [0, 0.05) is 18.0 Å². The van der Waals surface area contributed by atoms with Crippen LogP contribution in [0.5, 0.6) is 0 Å². The van der Waals surface area contributed by atoms with Crippen molar-refractivity contribution in [3.05, 3.63) is 42.4 Å². The van der Waals surface area contributed by atoms with Gasteiger partial charge >= 0.3 is 0 Å². The Kier molecular flexibility index (Phi) is 6.16. The van der Waals surface area contributed by atoms with Crippen LogP contribution in [0, 0.1) is 0 Å². The molecule has 160 valence electrons. The molecule has 2 aromatic rings. The van der Waals surface area contributed by atoms with Gasteiger partial charge in [0.05, 0.1) is 23.4 Å². The highest BCUT2D eigenvalue weighted by Gasteiger charge is 2.36. The van der Waals surface area contributed by atoms with Crippen molar-refractivity contribution in [2.45, 2.75) is 47.3 Å². The second kappa shape index (κ2) is 8.83. The first-order valence-electron chi connectivity index (χ1n) is 9.86. The lowest BCUT2D eigenvalue weighted by Crippen LogP contribution is -2.45. The summed E-state index contributed by atoms with van der Waals surface area (Å²) < 4.78 is 32.8. The number of likely N-dealkylation sites (tertiary alicyclic amines) is 1. The molecule has 0 bridgehead atoms. The number of nitrogens with zero attached hydrogens (tertiary/aromatic N) is 1. The van der Waals surface area contributed by atoms with Crippen LogP contribution < -0.4 is 10.0 Å². The Bertz CT molecular complexity index is 1030. The standard InChI is InChI=1S/C20H23N3O5S2/c24-19-18(20(25)23-9-3-1-2-4-10-23)29-17-8-7-15(12-16(17)22-19)30(26,27)21-13-14-6-5-11-28-14/h5-8,11-12,18,21H,1-4,9-10,13H2,(H,22,24)/t18-/m0/s1. The van der Waals surface area contributed by atoms with Gasteiger partial charge in [0.2, 0.25) is 21.8 Å². The molecule has 0 spiro atoms. The summed E-state index contributed by atoms with van der Waals surface area (Å²) in [5.41, 5.74) is 0.394. The molecule has 30 heavy (non-hydrogen) atoms. The van der Waals surface area contributed by atoms with Crippen molar-refractivity contribution in [2.75, 3.05) is 18.4 Å². The van der Waals surface area contributed by atoms with Gasteiger partial charge in [0.15, 0.2) is 5.25 Å². The number of nitrogens with one attached hydrogen (secondary N) is 2. The summed E-state index contributed by atoms with van der Waals surface area (Å²) in [6.07, 6.45) is 5.57. The van der Waals surface area contributed by atoms with E-state index in [9.17, 15) is 18.0 Å². The molecule has 2 aliphatic rings. The molecule has 1 aromatic carbocycles. The fourth-order valence-electron chi connectivity index (χ4n) is 3.54. The normalized spacial score (nSPS) is 19.7. The minimum atomic E-state index is -3.78. The zero-order valence-corrected chi connectivity index (χ0v) is 17.9. The van der Waals surface area contributed by atoms with Crippen molar-refractivity contribution in [1.82, 2.24) is 9.62 Å². The molecule has 1 saturated heterocycles. The predicted molar refractivity (Wildman–Crippen MR) is 112 cm³/mol. The number of hydrogen-bond acceptors (Lipinski definition) is 6. The third kappa shape index (κ3) is 4.55. The van der Waals surface area contributed by atoms with E-state index in [1.165, 1.54) is 30.2 Å². The molecule has 2 amide bonds. The van der Waals surface area contributed by atoms with E-state index in [1.807, 2.05) is 0 Å². The molecule has 3 heterocycles. The molecular weight excluding hydrogens is 426 g/mol. The first kappa shape index (κ1) is 21.0. The number of furan rings is 1. The molecule has 0 aliphatic carbocycles. The highest BCUT2D eigenvalue weighted by Crippen LogP contribution is 2.38. The van der Waals surface area contributed by atoms with E-state index >= 15 is 0 Å². The van der Waals surface area contributed by atoms with Crippen LogP contribution in [0.25, 0.3) is 0 Å². The van der Waals surface area contributed by atoms with Crippen LogP contribution in [-0.4, -0.2) is 43.5 Å². The monoisotopic (exact) mass is 449 g/mol. The molecular formula is C20H23N3O5S2. The van der Waals surface area contributed by atoms with Gasteiger partial charge in [-0.25, -0.2) is 13.1 Å². The molecule has 4 rings (SSSR count). The molecule has 1 atom stereocenters. The second-order valence-corrected chi connectivity index (χ2v) is 10.2. The molecule has 0 saturated carbocycles. The van der Waals surface area contributed by atoms with Crippen molar-refractivity contribution >= 4 is 39.3 Å². The van der Waals surface area contributed by atoms with Crippen LogP contribution in [0.15, 0.2) is 50.8 Å². The Balaban J connectivity index is 1.48. The molecule has 0 unspecified atom stereocenters. The zero-order chi connectivity index (χ0) is 21.1. The molecule has 1 aromatic heterocycles. The minimum absolute atomic E-state index is 0.0277. The number of hydrogen-bond donors (Lipinski definition) is 2. The number of anilines is 1.